The summed E-state index contributed by atoms with van der Waals surface area (Å²) >= 11 is 0. The number of ketones is 1. The quantitative estimate of drug-likeness (QED) is 0.442. The molecule has 128 valence electrons. The van der Waals surface area contributed by atoms with Crippen molar-refractivity contribution in [3.8, 4) is 0 Å². The Morgan fingerprint density at radius 3 is 1.46 bits per heavy atom. The second-order valence-electron chi connectivity index (χ2n) is 5.14. The number of carbonyl (C=O) groups is 1. The van der Waals surface area contributed by atoms with Crippen molar-refractivity contribution in [1.29, 1.82) is 0 Å². The van der Waals surface area contributed by atoms with Crippen molar-refractivity contribution in [2.24, 2.45) is 0 Å². The highest BCUT2D eigenvalue weighted by Crippen LogP contribution is 2.01. The van der Waals surface area contributed by atoms with E-state index < -0.39 is 0 Å². The van der Waals surface area contributed by atoms with Crippen molar-refractivity contribution in [2.45, 2.75) is 13.2 Å². The minimum absolute atomic E-state index is 0.0343. The number of hydrogen-bond donors (Lipinski definition) is 0. The first kappa shape index (κ1) is 18.3. The van der Waals surface area contributed by atoms with E-state index in [1.807, 2.05) is 60.7 Å². The zero-order valence-electron chi connectivity index (χ0n) is 13.6. The fourth-order valence-electron chi connectivity index (χ4n) is 1.94. The normalized spacial score (nSPS) is 10.7. The second kappa shape index (κ2) is 11.5. The fraction of sp³-hybridized carbons (Fsp3) is 0.316. The number of carbonyl (C=O) groups excluding carboxylic acids is 1. The molecule has 5 nitrogen and oxygen atoms in total. The van der Waals surface area contributed by atoms with Gasteiger partial charge in [0.25, 0.3) is 0 Å². The Labute approximate surface area is 142 Å². The summed E-state index contributed by atoms with van der Waals surface area (Å²) in [4.78, 5) is 11.5. The van der Waals surface area contributed by atoms with Gasteiger partial charge in [0.15, 0.2) is 5.78 Å². The molecule has 0 saturated heterocycles. The molecule has 24 heavy (non-hydrogen) atoms. The van der Waals surface area contributed by atoms with Crippen molar-refractivity contribution < 1.29 is 23.7 Å². The molecule has 0 aromatic heterocycles. The lowest BCUT2D eigenvalue weighted by Gasteiger charge is -2.07. The minimum Gasteiger partial charge on any atom is -0.351 e. The summed E-state index contributed by atoms with van der Waals surface area (Å²) in [6, 6.07) is 19.5. The zero-order chi connectivity index (χ0) is 16.9. The van der Waals surface area contributed by atoms with Gasteiger partial charge >= 0.3 is 0 Å². The van der Waals surface area contributed by atoms with E-state index >= 15 is 0 Å². The summed E-state index contributed by atoms with van der Waals surface area (Å²) in [6.45, 7) is 0.995. The molecule has 0 saturated carbocycles. The minimum atomic E-state index is -0.151. The molecule has 0 atom stereocenters. The zero-order valence-corrected chi connectivity index (χ0v) is 13.6. The molecule has 0 heterocycles. The van der Waals surface area contributed by atoms with Crippen LogP contribution in [-0.2, 0) is 37.0 Å². The molecule has 0 aliphatic heterocycles. The molecule has 0 aliphatic carbocycles. The topological polar surface area (TPSA) is 54.0 Å². The lowest BCUT2D eigenvalue weighted by atomic mass is 10.2. The molecule has 0 radical (unpaired) electrons. The van der Waals surface area contributed by atoms with Crippen LogP contribution in [0.5, 0.6) is 0 Å². The van der Waals surface area contributed by atoms with E-state index in [4.69, 9.17) is 18.9 Å². The number of Topliss-reactive ketones (excluding diaryl/α,β-unsaturated/α-hetero) is 1. The molecule has 0 spiro atoms. The molecular formula is C19H22O5. The standard InChI is InChI=1S/C19H22O5/c20-19(13-23-15-21-11-17-7-3-1-4-8-17)14-24-16-22-12-18-9-5-2-6-10-18/h1-10H,11-16H2. The van der Waals surface area contributed by atoms with Gasteiger partial charge in [0.2, 0.25) is 0 Å². The maximum atomic E-state index is 11.5. The highest BCUT2D eigenvalue weighted by atomic mass is 16.7. The number of rotatable bonds is 12. The molecule has 2 aromatic carbocycles. The Balaban J connectivity index is 1.42. The lowest BCUT2D eigenvalue weighted by molar-refractivity contribution is -0.140. The van der Waals surface area contributed by atoms with Crippen LogP contribution in [0.2, 0.25) is 0 Å². The first-order valence-electron chi connectivity index (χ1n) is 7.75. The molecule has 0 amide bonds. The summed E-state index contributed by atoms with van der Waals surface area (Å²) < 4.78 is 20.9. The monoisotopic (exact) mass is 330 g/mol. The van der Waals surface area contributed by atoms with Crippen molar-refractivity contribution in [2.75, 3.05) is 26.8 Å². The molecule has 0 bridgehead atoms. The Hall–Kier alpha value is -2.05. The average Bonchev–Trinajstić information content (AvgIpc) is 2.63. The first-order chi connectivity index (χ1) is 11.8. The van der Waals surface area contributed by atoms with E-state index in [9.17, 15) is 4.79 Å². The van der Waals surface area contributed by atoms with Crippen LogP contribution in [0.25, 0.3) is 0 Å². The van der Waals surface area contributed by atoms with Crippen LogP contribution in [0.1, 0.15) is 11.1 Å². The molecule has 2 aromatic rings. The van der Waals surface area contributed by atoms with Gasteiger partial charge in [-0.05, 0) is 11.1 Å². The van der Waals surface area contributed by atoms with Crippen LogP contribution in [0.3, 0.4) is 0 Å². The van der Waals surface area contributed by atoms with Crippen LogP contribution in [0.4, 0.5) is 0 Å². The summed E-state index contributed by atoms with van der Waals surface area (Å²) in [5.74, 6) is -0.151. The SMILES string of the molecule is O=C(COCOCc1ccccc1)COCOCc1ccccc1. The summed E-state index contributed by atoms with van der Waals surface area (Å²) in [6.07, 6.45) is 0. The van der Waals surface area contributed by atoms with E-state index in [1.54, 1.807) is 0 Å². The summed E-state index contributed by atoms with van der Waals surface area (Å²) in [5, 5.41) is 0. The maximum Gasteiger partial charge on any atom is 0.184 e. The number of benzene rings is 2. The van der Waals surface area contributed by atoms with Crippen molar-refractivity contribution in [3.63, 3.8) is 0 Å². The van der Waals surface area contributed by atoms with Crippen LogP contribution >= 0.6 is 0 Å². The predicted molar refractivity (Wildman–Crippen MR) is 89.1 cm³/mol. The van der Waals surface area contributed by atoms with Gasteiger partial charge in [-0.3, -0.25) is 4.79 Å². The lowest BCUT2D eigenvalue weighted by Crippen LogP contribution is -2.17. The molecule has 0 aliphatic rings. The molecule has 5 heteroatoms. The molecule has 0 unspecified atom stereocenters. The molecule has 2 rings (SSSR count). The van der Waals surface area contributed by atoms with Gasteiger partial charge in [0, 0.05) is 0 Å². The third kappa shape index (κ3) is 7.99. The van der Waals surface area contributed by atoms with E-state index in [0.717, 1.165) is 11.1 Å². The molecule has 0 fully saturated rings. The van der Waals surface area contributed by atoms with E-state index in [0.29, 0.717) is 13.2 Å². The highest BCUT2D eigenvalue weighted by Gasteiger charge is 2.02. The van der Waals surface area contributed by atoms with Gasteiger partial charge < -0.3 is 18.9 Å². The highest BCUT2D eigenvalue weighted by molar-refractivity contribution is 5.80. The van der Waals surface area contributed by atoms with Crippen LogP contribution in [0, 0.1) is 0 Å². The molecular weight excluding hydrogens is 308 g/mol. The summed E-state index contributed by atoms with van der Waals surface area (Å²) in [7, 11) is 0. The van der Waals surface area contributed by atoms with Gasteiger partial charge in [0.1, 0.15) is 26.8 Å². The van der Waals surface area contributed by atoms with Crippen LogP contribution < -0.4 is 0 Å². The van der Waals surface area contributed by atoms with Crippen molar-refractivity contribution in [3.05, 3.63) is 71.8 Å². The Kier molecular flexibility index (Phi) is 8.75. The number of hydrogen-bond acceptors (Lipinski definition) is 5. The largest absolute Gasteiger partial charge is 0.351 e. The van der Waals surface area contributed by atoms with Crippen molar-refractivity contribution >= 4 is 5.78 Å². The second-order valence-corrected chi connectivity index (χ2v) is 5.14. The summed E-state index contributed by atoms with van der Waals surface area (Å²) in [5.41, 5.74) is 2.12. The fourth-order valence-corrected chi connectivity index (χ4v) is 1.94. The van der Waals surface area contributed by atoms with E-state index in [2.05, 4.69) is 0 Å². The van der Waals surface area contributed by atoms with E-state index in [1.165, 1.54) is 0 Å². The Morgan fingerprint density at radius 1 is 0.625 bits per heavy atom. The van der Waals surface area contributed by atoms with Gasteiger partial charge in [-0.25, -0.2) is 0 Å². The van der Waals surface area contributed by atoms with Crippen LogP contribution in [0.15, 0.2) is 60.7 Å². The third-order valence-electron chi connectivity index (χ3n) is 3.08. The van der Waals surface area contributed by atoms with Gasteiger partial charge in [-0.1, -0.05) is 60.7 Å². The average molecular weight is 330 g/mol. The predicted octanol–water partition coefficient (Wildman–Crippen LogP) is 2.94. The first-order valence-corrected chi connectivity index (χ1v) is 7.75. The smallest absolute Gasteiger partial charge is 0.184 e. The van der Waals surface area contributed by atoms with Gasteiger partial charge in [-0.2, -0.15) is 0 Å². The van der Waals surface area contributed by atoms with Gasteiger partial charge in [-0.15, -0.1) is 0 Å². The van der Waals surface area contributed by atoms with Gasteiger partial charge in [0.05, 0.1) is 13.2 Å². The third-order valence-corrected chi connectivity index (χ3v) is 3.08. The Morgan fingerprint density at radius 2 is 1.04 bits per heavy atom. The van der Waals surface area contributed by atoms with Crippen LogP contribution in [-0.4, -0.2) is 32.6 Å². The Bertz CT molecular complexity index is 519. The van der Waals surface area contributed by atoms with E-state index in [-0.39, 0.29) is 32.6 Å². The maximum absolute atomic E-state index is 11.5. The molecule has 0 N–H and O–H groups in total. The number of ether oxygens (including phenoxy) is 4. The van der Waals surface area contributed by atoms with Crippen molar-refractivity contribution in [1.82, 2.24) is 0 Å².